The molecule has 0 aliphatic heterocycles. The Kier molecular flexibility index (Phi) is 13.1. The highest BCUT2D eigenvalue weighted by atomic mass is 32.2. The Hall–Kier alpha value is -5.68. The number of anilines is 1. The normalized spacial score (nSPS) is 12.5. The van der Waals surface area contributed by atoms with Crippen molar-refractivity contribution in [3.63, 3.8) is 0 Å². The summed E-state index contributed by atoms with van der Waals surface area (Å²) < 4.78 is 81.5. The summed E-state index contributed by atoms with van der Waals surface area (Å²) in [5.41, 5.74) is 7.72. The van der Waals surface area contributed by atoms with Crippen LogP contribution in [0, 0.1) is 6.92 Å². The van der Waals surface area contributed by atoms with Gasteiger partial charge in [-0.3, -0.25) is 9.11 Å². The van der Waals surface area contributed by atoms with Crippen LogP contribution in [0.5, 0.6) is 11.5 Å². The van der Waals surface area contributed by atoms with E-state index < -0.39 is 35.8 Å². The Balaban J connectivity index is 1.21. The van der Waals surface area contributed by atoms with Crippen LogP contribution in [-0.2, 0) is 39.0 Å². The van der Waals surface area contributed by atoms with Gasteiger partial charge in [-0.05, 0) is 96.1 Å². The summed E-state index contributed by atoms with van der Waals surface area (Å²) >= 11 is 0.960. The van der Waals surface area contributed by atoms with E-state index >= 15 is 0 Å². The molecular weight excluding hydrogens is 859 g/mol. The predicted molar refractivity (Wildman–Crippen MR) is 212 cm³/mol. The van der Waals surface area contributed by atoms with Crippen molar-refractivity contribution in [1.29, 1.82) is 0 Å². The molecule has 0 bridgehead atoms. The topological polar surface area (TPSA) is 316 Å². The molecule has 0 atom stereocenters. The van der Waals surface area contributed by atoms with E-state index in [4.69, 9.17) is 21.0 Å². The maximum Gasteiger partial charge on any atom is 0.296 e. The van der Waals surface area contributed by atoms with E-state index in [1.165, 1.54) is 19.2 Å². The number of aromatic hydroxyl groups is 1. The lowest BCUT2D eigenvalue weighted by molar-refractivity contribution is -0.432. The van der Waals surface area contributed by atoms with Crippen molar-refractivity contribution in [1.82, 2.24) is 0 Å². The molecule has 21 nitrogen and oxygen atoms in total. The van der Waals surface area contributed by atoms with E-state index in [0.29, 0.717) is 63.5 Å². The van der Waals surface area contributed by atoms with Gasteiger partial charge in [-0.2, -0.15) is 37.3 Å². The molecule has 0 radical (unpaired) electrons. The maximum absolute atomic E-state index is 12.1. The molecule has 0 saturated carbocycles. The van der Waals surface area contributed by atoms with Crippen LogP contribution in [-0.4, -0.2) is 48.7 Å². The monoisotopic (exact) mass is 885 g/mol. The summed E-state index contributed by atoms with van der Waals surface area (Å²) in [5.74, 6) is -0.165. The first-order valence-electron chi connectivity index (χ1n) is 16.0. The van der Waals surface area contributed by atoms with Gasteiger partial charge >= 0.3 is 0 Å². The standard InChI is InChI=1S/C34H27N7O14S4/c1-17-9-20(38-41-33-30(57-55-53-44)11-19-12-32(59(48,49)50)26(35)16-25(19)34(33)42)5-7-27(17)39-40-28-8-6-22(14-29(28)51-2)37-36-21-4-3-18-10-23(56-54-52-43)15-31(24(18)13-21)58(45,46)47/h3-16,42-44H,35H2,1-2H3,(H,45,46,47)(H,48,49,50). The van der Waals surface area contributed by atoms with Crippen molar-refractivity contribution in [2.24, 2.45) is 30.7 Å². The number of benzene rings is 6. The number of methoxy groups -OCH3 is 1. The summed E-state index contributed by atoms with van der Waals surface area (Å²) in [5, 5.41) is 61.6. The van der Waals surface area contributed by atoms with Crippen molar-refractivity contribution in [2.75, 3.05) is 12.8 Å². The molecule has 306 valence electrons. The Bertz CT molecular complexity index is 2920. The Morgan fingerprint density at radius 1 is 0.627 bits per heavy atom. The Morgan fingerprint density at radius 2 is 1.24 bits per heavy atom. The second-order valence-corrected chi connectivity index (χ2v) is 16.1. The number of ether oxygens (including phenoxy) is 1. The first-order chi connectivity index (χ1) is 28.1. The van der Waals surface area contributed by atoms with Crippen LogP contribution in [0.25, 0.3) is 21.5 Å². The molecule has 6 aromatic rings. The largest absolute Gasteiger partial charge is 0.505 e. The van der Waals surface area contributed by atoms with Crippen molar-refractivity contribution in [3.8, 4) is 11.5 Å². The molecule has 7 N–H and O–H groups in total. The molecule has 0 aliphatic carbocycles. The number of nitrogens with two attached hydrogens (primary N) is 1. The van der Waals surface area contributed by atoms with E-state index in [1.54, 1.807) is 61.5 Å². The minimum Gasteiger partial charge on any atom is -0.505 e. The van der Waals surface area contributed by atoms with Gasteiger partial charge in [0.1, 0.15) is 26.9 Å². The molecule has 25 heteroatoms. The molecule has 0 amide bonds. The van der Waals surface area contributed by atoms with E-state index in [0.717, 1.165) is 18.2 Å². The number of fused-ring (bicyclic) bond motifs is 2. The first-order valence-corrected chi connectivity index (χ1v) is 20.4. The maximum atomic E-state index is 12.1. The second-order valence-electron chi connectivity index (χ2n) is 11.8. The number of nitrogen functional groups attached to an aromatic ring is 1. The lowest BCUT2D eigenvalue weighted by Gasteiger charge is -2.11. The number of phenolic OH excluding ortho intramolecular Hbond substituents is 1. The lowest BCUT2D eigenvalue weighted by Crippen LogP contribution is -2.03. The van der Waals surface area contributed by atoms with Crippen molar-refractivity contribution < 1.29 is 65.0 Å². The summed E-state index contributed by atoms with van der Waals surface area (Å²) in [6.07, 6.45) is 0. The fourth-order valence-corrected chi connectivity index (χ4v) is 7.83. The van der Waals surface area contributed by atoms with Crippen LogP contribution < -0.4 is 10.5 Å². The van der Waals surface area contributed by atoms with Crippen LogP contribution in [0.4, 0.5) is 39.8 Å². The quantitative estimate of drug-likeness (QED) is 0.0139. The number of azo groups is 3. The zero-order valence-corrected chi connectivity index (χ0v) is 33.2. The third kappa shape index (κ3) is 10.1. The highest BCUT2D eigenvalue weighted by molar-refractivity contribution is 7.95. The molecule has 6 rings (SSSR count). The van der Waals surface area contributed by atoms with E-state index in [2.05, 4.69) is 49.4 Å². The lowest BCUT2D eigenvalue weighted by atomic mass is 10.1. The fraction of sp³-hybridized carbons (Fsp3) is 0.0588. The average Bonchev–Trinajstić information content (AvgIpc) is 3.19. The third-order valence-electron chi connectivity index (χ3n) is 8.08. The molecule has 0 aliphatic rings. The first kappa shape index (κ1) is 42.9. The van der Waals surface area contributed by atoms with Crippen molar-refractivity contribution in [3.05, 3.63) is 90.5 Å². The molecule has 6 aromatic carbocycles. The molecule has 0 heterocycles. The minimum atomic E-state index is -4.69. The van der Waals surface area contributed by atoms with Crippen molar-refractivity contribution in [2.45, 2.75) is 26.5 Å². The van der Waals surface area contributed by atoms with Crippen LogP contribution in [0.15, 0.2) is 135 Å². The zero-order chi connectivity index (χ0) is 42.5. The molecule has 0 spiro atoms. The molecular formula is C34H27N7O14S4. The van der Waals surface area contributed by atoms with Gasteiger partial charge < -0.3 is 15.6 Å². The minimum absolute atomic E-state index is 0.0438. The smallest absolute Gasteiger partial charge is 0.296 e. The third-order valence-corrected chi connectivity index (χ3v) is 11.1. The number of hydrogen-bond acceptors (Lipinski definition) is 21. The summed E-state index contributed by atoms with van der Waals surface area (Å²) in [6, 6.07) is 20.4. The summed E-state index contributed by atoms with van der Waals surface area (Å²) in [6.45, 7) is 1.75. The molecule has 59 heavy (non-hydrogen) atoms. The SMILES string of the molecule is COc1cc(N=Nc2ccc3cc(SOOO)cc(S(=O)(=O)O)c3c2)ccc1N=Nc1ccc(N=Nc2c(SOOO)cc3cc(S(=O)(=O)O)c(N)cc3c2O)cc1C. The zero-order valence-electron chi connectivity index (χ0n) is 29.9. The average molecular weight is 886 g/mol. The highest BCUT2D eigenvalue weighted by Crippen LogP contribution is 2.46. The van der Waals surface area contributed by atoms with E-state index in [9.17, 15) is 31.0 Å². The van der Waals surface area contributed by atoms with Gasteiger partial charge in [0.05, 0.1) is 64.5 Å². The van der Waals surface area contributed by atoms with Gasteiger partial charge in [-0.1, -0.05) is 16.1 Å². The Morgan fingerprint density at radius 3 is 1.90 bits per heavy atom. The highest BCUT2D eigenvalue weighted by Gasteiger charge is 2.21. The molecule has 0 aromatic heterocycles. The van der Waals surface area contributed by atoms with Gasteiger partial charge in [-0.15, -0.1) is 18.9 Å². The molecule has 0 unspecified atom stereocenters. The molecule has 0 saturated heterocycles. The van der Waals surface area contributed by atoms with E-state index in [-0.39, 0.29) is 43.0 Å². The van der Waals surface area contributed by atoms with Gasteiger partial charge in [0, 0.05) is 21.7 Å². The second kappa shape index (κ2) is 18.1. The van der Waals surface area contributed by atoms with Crippen LogP contribution >= 0.6 is 24.1 Å². The fourth-order valence-electron chi connectivity index (χ4n) is 5.45. The number of hydrogen-bond donors (Lipinski definition) is 6. The van der Waals surface area contributed by atoms with Crippen LogP contribution in [0.2, 0.25) is 0 Å². The summed E-state index contributed by atoms with van der Waals surface area (Å²) in [7, 11) is -7.93. The van der Waals surface area contributed by atoms with Crippen molar-refractivity contribution >= 4 is 106 Å². The van der Waals surface area contributed by atoms with Gasteiger partial charge in [0.25, 0.3) is 20.2 Å². The van der Waals surface area contributed by atoms with Gasteiger partial charge in [0.15, 0.2) is 5.75 Å². The van der Waals surface area contributed by atoms with Crippen LogP contribution in [0.1, 0.15) is 5.56 Å². The Labute approximate surface area is 341 Å². The predicted octanol–water partition coefficient (Wildman–Crippen LogP) is 10.2. The van der Waals surface area contributed by atoms with Crippen LogP contribution in [0.3, 0.4) is 0 Å². The number of rotatable bonds is 15. The summed E-state index contributed by atoms with van der Waals surface area (Å²) in [4.78, 5) is -0.741. The number of nitrogens with zero attached hydrogens (tertiary/aromatic N) is 6. The van der Waals surface area contributed by atoms with Gasteiger partial charge in [-0.25, -0.2) is 10.5 Å². The number of aryl methyl sites for hydroxylation is 1. The van der Waals surface area contributed by atoms with E-state index in [1.807, 2.05) is 0 Å². The van der Waals surface area contributed by atoms with Gasteiger partial charge in [0.2, 0.25) is 0 Å². The molecule has 0 fully saturated rings. The number of phenols is 1.